The molecule has 0 fully saturated rings. The van der Waals surface area contributed by atoms with Crippen LogP contribution in [0.3, 0.4) is 0 Å². The largest absolute Gasteiger partial charge is 0.481 e. The summed E-state index contributed by atoms with van der Waals surface area (Å²) in [5, 5.41) is 11.5. The lowest BCUT2D eigenvalue weighted by Crippen LogP contribution is -2.33. The highest BCUT2D eigenvalue weighted by Crippen LogP contribution is 2.08. The first kappa shape index (κ1) is 15.9. The predicted octanol–water partition coefficient (Wildman–Crippen LogP) is 2.57. The molecule has 0 heterocycles. The van der Waals surface area contributed by atoms with Crippen LogP contribution in [0.1, 0.15) is 59.3 Å². The van der Waals surface area contributed by atoms with E-state index in [9.17, 15) is 9.59 Å². The third-order valence-corrected chi connectivity index (χ3v) is 2.71. The Hall–Kier alpha value is -1.06. The quantitative estimate of drug-likeness (QED) is 0.612. The summed E-state index contributed by atoms with van der Waals surface area (Å²) in [5.74, 6) is -0.987. The SMILES string of the molecule is CCCCCC(C)NC(=O)CC(C)CC(=O)O. The number of hydrogen-bond acceptors (Lipinski definition) is 2. The molecule has 4 nitrogen and oxygen atoms in total. The molecule has 0 aromatic carbocycles. The van der Waals surface area contributed by atoms with Crippen LogP contribution in [0.2, 0.25) is 0 Å². The minimum atomic E-state index is -0.846. The Balaban J connectivity index is 3.73. The number of carboxylic acid groups (broad SMARTS) is 1. The Morgan fingerprint density at radius 2 is 1.82 bits per heavy atom. The summed E-state index contributed by atoms with van der Waals surface area (Å²) in [6.07, 6.45) is 4.84. The molecule has 0 saturated heterocycles. The van der Waals surface area contributed by atoms with Gasteiger partial charge in [0.05, 0.1) is 0 Å². The van der Waals surface area contributed by atoms with Crippen molar-refractivity contribution in [2.24, 2.45) is 5.92 Å². The van der Waals surface area contributed by atoms with Gasteiger partial charge in [-0.1, -0.05) is 33.1 Å². The molecule has 0 aliphatic rings. The van der Waals surface area contributed by atoms with Crippen molar-refractivity contribution in [1.82, 2.24) is 5.32 Å². The first-order valence-electron chi connectivity index (χ1n) is 6.46. The molecule has 0 rings (SSSR count). The fraction of sp³-hybridized carbons (Fsp3) is 0.846. The van der Waals surface area contributed by atoms with Crippen LogP contribution in [0.15, 0.2) is 0 Å². The van der Waals surface area contributed by atoms with E-state index in [1.54, 1.807) is 6.92 Å². The Labute approximate surface area is 104 Å². The molecule has 17 heavy (non-hydrogen) atoms. The number of rotatable bonds is 9. The molecule has 0 spiro atoms. The van der Waals surface area contributed by atoms with Gasteiger partial charge in [0.25, 0.3) is 0 Å². The van der Waals surface area contributed by atoms with E-state index in [0.29, 0.717) is 6.42 Å². The van der Waals surface area contributed by atoms with Crippen LogP contribution in [0.5, 0.6) is 0 Å². The van der Waals surface area contributed by atoms with Crippen molar-refractivity contribution < 1.29 is 14.7 Å². The highest BCUT2D eigenvalue weighted by Gasteiger charge is 2.13. The summed E-state index contributed by atoms with van der Waals surface area (Å²) < 4.78 is 0. The molecule has 0 aliphatic carbocycles. The van der Waals surface area contributed by atoms with Crippen molar-refractivity contribution in [2.75, 3.05) is 0 Å². The van der Waals surface area contributed by atoms with Gasteiger partial charge >= 0.3 is 5.97 Å². The van der Waals surface area contributed by atoms with Crippen molar-refractivity contribution in [2.45, 2.75) is 65.3 Å². The van der Waals surface area contributed by atoms with E-state index in [0.717, 1.165) is 12.8 Å². The van der Waals surface area contributed by atoms with Gasteiger partial charge in [-0.25, -0.2) is 0 Å². The number of unbranched alkanes of at least 4 members (excludes halogenated alkanes) is 2. The normalized spacial score (nSPS) is 14.1. The minimum absolute atomic E-state index is 0.0391. The van der Waals surface area contributed by atoms with E-state index in [-0.39, 0.29) is 24.3 Å². The number of aliphatic carboxylic acids is 1. The van der Waals surface area contributed by atoms with Crippen LogP contribution in [0, 0.1) is 5.92 Å². The fourth-order valence-corrected chi connectivity index (χ4v) is 1.79. The molecule has 0 aromatic heterocycles. The molecule has 0 radical (unpaired) electrons. The van der Waals surface area contributed by atoms with E-state index in [2.05, 4.69) is 12.2 Å². The number of carboxylic acids is 1. The summed E-state index contributed by atoms with van der Waals surface area (Å²) in [6, 6.07) is 0.186. The first-order valence-corrected chi connectivity index (χ1v) is 6.46. The number of nitrogens with one attached hydrogen (secondary N) is 1. The lowest BCUT2D eigenvalue weighted by atomic mass is 10.0. The van der Waals surface area contributed by atoms with Gasteiger partial charge in [-0.2, -0.15) is 0 Å². The number of carbonyl (C=O) groups is 2. The summed E-state index contributed by atoms with van der Waals surface area (Å²) in [5.41, 5.74) is 0. The second kappa shape index (κ2) is 9.02. The minimum Gasteiger partial charge on any atom is -0.481 e. The zero-order valence-corrected chi connectivity index (χ0v) is 11.2. The van der Waals surface area contributed by atoms with Crippen molar-refractivity contribution >= 4 is 11.9 Å². The second-order valence-corrected chi connectivity index (χ2v) is 4.87. The summed E-state index contributed by atoms with van der Waals surface area (Å²) in [6.45, 7) is 5.93. The molecular formula is C13H25NO3. The van der Waals surface area contributed by atoms with Gasteiger partial charge in [-0.15, -0.1) is 0 Å². The molecule has 2 atom stereocenters. The van der Waals surface area contributed by atoms with E-state index in [1.165, 1.54) is 12.8 Å². The average molecular weight is 243 g/mol. The van der Waals surface area contributed by atoms with Crippen molar-refractivity contribution in [3.8, 4) is 0 Å². The fourth-order valence-electron chi connectivity index (χ4n) is 1.79. The number of hydrogen-bond donors (Lipinski definition) is 2. The van der Waals surface area contributed by atoms with Gasteiger partial charge in [0.15, 0.2) is 0 Å². The Morgan fingerprint density at radius 1 is 1.18 bits per heavy atom. The van der Waals surface area contributed by atoms with E-state index < -0.39 is 5.97 Å². The molecule has 0 bridgehead atoms. The highest BCUT2D eigenvalue weighted by atomic mass is 16.4. The summed E-state index contributed by atoms with van der Waals surface area (Å²) >= 11 is 0. The van der Waals surface area contributed by atoms with Crippen LogP contribution in [0.25, 0.3) is 0 Å². The van der Waals surface area contributed by atoms with Gasteiger partial charge in [-0.3, -0.25) is 9.59 Å². The van der Waals surface area contributed by atoms with Crippen LogP contribution < -0.4 is 5.32 Å². The lowest BCUT2D eigenvalue weighted by molar-refractivity contribution is -0.138. The van der Waals surface area contributed by atoms with Gasteiger partial charge in [-0.05, 0) is 19.3 Å². The lowest BCUT2D eigenvalue weighted by Gasteiger charge is -2.15. The van der Waals surface area contributed by atoms with Gasteiger partial charge in [0, 0.05) is 18.9 Å². The molecular weight excluding hydrogens is 218 g/mol. The summed E-state index contributed by atoms with van der Waals surface area (Å²) in [4.78, 5) is 22.0. The molecule has 0 aliphatic heterocycles. The third kappa shape index (κ3) is 9.85. The van der Waals surface area contributed by atoms with Crippen LogP contribution >= 0.6 is 0 Å². The smallest absolute Gasteiger partial charge is 0.303 e. The predicted molar refractivity (Wildman–Crippen MR) is 67.8 cm³/mol. The standard InChI is InChI=1S/C13H25NO3/c1-4-5-6-7-11(3)14-12(15)8-10(2)9-13(16)17/h10-11H,4-9H2,1-3H3,(H,14,15)(H,16,17). The van der Waals surface area contributed by atoms with Gasteiger partial charge < -0.3 is 10.4 Å². The number of carbonyl (C=O) groups excluding carboxylic acids is 1. The zero-order valence-electron chi connectivity index (χ0n) is 11.2. The Morgan fingerprint density at radius 3 is 2.35 bits per heavy atom. The summed E-state index contributed by atoms with van der Waals surface area (Å²) in [7, 11) is 0. The van der Waals surface area contributed by atoms with Crippen LogP contribution in [0.4, 0.5) is 0 Å². The van der Waals surface area contributed by atoms with E-state index in [4.69, 9.17) is 5.11 Å². The zero-order chi connectivity index (χ0) is 13.3. The molecule has 0 aromatic rings. The maximum Gasteiger partial charge on any atom is 0.303 e. The molecule has 0 saturated carbocycles. The van der Waals surface area contributed by atoms with Crippen LogP contribution in [-0.4, -0.2) is 23.0 Å². The van der Waals surface area contributed by atoms with Crippen molar-refractivity contribution in [3.05, 3.63) is 0 Å². The van der Waals surface area contributed by atoms with E-state index in [1.807, 2.05) is 6.92 Å². The Kier molecular flexibility index (Phi) is 8.46. The second-order valence-electron chi connectivity index (χ2n) is 4.87. The molecule has 4 heteroatoms. The van der Waals surface area contributed by atoms with Crippen molar-refractivity contribution in [1.29, 1.82) is 0 Å². The molecule has 1 amide bonds. The molecule has 2 N–H and O–H groups in total. The van der Waals surface area contributed by atoms with Crippen molar-refractivity contribution in [3.63, 3.8) is 0 Å². The van der Waals surface area contributed by atoms with E-state index >= 15 is 0 Å². The molecule has 2 unspecified atom stereocenters. The maximum atomic E-state index is 11.6. The van der Waals surface area contributed by atoms with Gasteiger partial charge in [0.1, 0.15) is 0 Å². The third-order valence-electron chi connectivity index (χ3n) is 2.71. The topological polar surface area (TPSA) is 66.4 Å². The molecule has 100 valence electrons. The Bertz CT molecular complexity index is 241. The number of amides is 1. The average Bonchev–Trinajstić information content (AvgIpc) is 2.15. The maximum absolute atomic E-state index is 11.6. The monoisotopic (exact) mass is 243 g/mol. The highest BCUT2D eigenvalue weighted by molar-refractivity contribution is 5.77. The van der Waals surface area contributed by atoms with Crippen LogP contribution in [-0.2, 0) is 9.59 Å². The van der Waals surface area contributed by atoms with Gasteiger partial charge in [0.2, 0.25) is 5.91 Å². The first-order chi connectivity index (χ1) is 7.95.